The van der Waals surface area contributed by atoms with E-state index in [1.54, 1.807) is 48.5 Å². The van der Waals surface area contributed by atoms with E-state index in [0.29, 0.717) is 49.2 Å². The van der Waals surface area contributed by atoms with Gasteiger partial charge in [-0.1, -0.05) is 77.1 Å². The van der Waals surface area contributed by atoms with Gasteiger partial charge >= 0.3 is 0 Å². The molecule has 1 aliphatic rings. The number of nitrogens with two attached hydrogens (primary N) is 1. The Bertz CT molecular complexity index is 1380. The highest BCUT2D eigenvalue weighted by atomic mass is 35.5. The molecule has 1 saturated heterocycles. The summed E-state index contributed by atoms with van der Waals surface area (Å²) in [6, 6.07) is 15.5. The number of nitrogens with zero attached hydrogens (tertiary/aromatic N) is 2. The fourth-order valence-corrected chi connectivity index (χ4v) is 6.29. The van der Waals surface area contributed by atoms with Crippen molar-refractivity contribution in [3.05, 3.63) is 71.3 Å². The van der Waals surface area contributed by atoms with Crippen molar-refractivity contribution in [3.63, 3.8) is 0 Å². The van der Waals surface area contributed by atoms with E-state index in [1.165, 1.54) is 0 Å². The average molecular weight is 669 g/mol. The number of primary amides is 1. The molecule has 2 aromatic rings. The predicted molar refractivity (Wildman–Crippen MR) is 179 cm³/mol. The Balaban J connectivity index is 0.00000768. The summed E-state index contributed by atoms with van der Waals surface area (Å²) in [7, 11) is 2.00. The van der Waals surface area contributed by atoms with Gasteiger partial charge in [-0.3, -0.25) is 28.9 Å². The minimum atomic E-state index is -1.02. The van der Waals surface area contributed by atoms with Gasteiger partial charge in [-0.2, -0.15) is 0 Å². The number of halogens is 1. The maximum absolute atomic E-state index is 13.7. The third-order valence-electron chi connectivity index (χ3n) is 9.18. The summed E-state index contributed by atoms with van der Waals surface area (Å²) in [4.78, 5) is 68.9. The lowest BCUT2D eigenvalue weighted by Gasteiger charge is -2.49. The first-order chi connectivity index (χ1) is 21.7. The van der Waals surface area contributed by atoms with E-state index in [4.69, 9.17) is 5.73 Å². The van der Waals surface area contributed by atoms with E-state index in [0.717, 1.165) is 13.0 Å². The van der Waals surface area contributed by atoms with Crippen molar-refractivity contribution >= 4 is 29.4 Å². The second-order valence-corrected chi connectivity index (χ2v) is 13.3. The molecule has 0 aromatic heterocycles. The first-order valence-electron chi connectivity index (χ1n) is 16.3. The molecular weight excluding hydrogens is 618 g/mol. The highest BCUT2D eigenvalue weighted by Crippen LogP contribution is 2.42. The van der Waals surface area contributed by atoms with Crippen LogP contribution in [0.2, 0.25) is 0 Å². The molecule has 4 N–H and O–H groups in total. The maximum Gasteiger partial charge on any atom is 0.251 e. The lowest BCUT2D eigenvalue weighted by molar-refractivity contribution is -0.158. The molecule has 3 unspecified atom stereocenters. The van der Waals surface area contributed by atoms with E-state index in [1.807, 2.05) is 45.7 Å². The van der Waals surface area contributed by atoms with Gasteiger partial charge in [0.25, 0.3) is 5.91 Å². The number of amides is 4. The predicted octanol–water partition coefficient (Wildman–Crippen LogP) is 0.992. The molecular formula is C36H51ClN5O5-. The Morgan fingerprint density at radius 2 is 1.49 bits per heavy atom. The summed E-state index contributed by atoms with van der Waals surface area (Å²) in [5.41, 5.74) is 5.33. The molecule has 0 aliphatic carbocycles. The molecule has 0 spiro atoms. The van der Waals surface area contributed by atoms with E-state index in [2.05, 4.69) is 22.5 Å². The number of likely N-dealkylation sites (tertiary alicyclic amines) is 1. The Hall–Kier alpha value is -3.76. The quantitative estimate of drug-likeness (QED) is 0.170. The lowest BCUT2D eigenvalue weighted by Crippen LogP contribution is -3.00. The Morgan fingerprint density at radius 1 is 0.915 bits per heavy atom. The number of hydrogen-bond donors (Lipinski definition) is 3. The number of ketones is 1. The van der Waals surface area contributed by atoms with Crippen LogP contribution in [0.25, 0.3) is 0 Å². The monoisotopic (exact) mass is 668 g/mol. The van der Waals surface area contributed by atoms with Gasteiger partial charge in [0.2, 0.25) is 17.7 Å². The smallest absolute Gasteiger partial charge is 0.251 e. The summed E-state index contributed by atoms with van der Waals surface area (Å²) in [5, 5.41) is 5.84. The topological polar surface area (TPSA) is 142 Å². The zero-order valence-corrected chi connectivity index (χ0v) is 29.4. The van der Waals surface area contributed by atoms with Crippen LogP contribution >= 0.6 is 0 Å². The number of carbonyl (C=O) groups excluding carboxylic acids is 5. The van der Waals surface area contributed by atoms with Crippen molar-refractivity contribution in [3.8, 4) is 0 Å². The summed E-state index contributed by atoms with van der Waals surface area (Å²) in [6.45, 7) is 11.6. The van der Waals surface area contributed by atoms with Crippen molar-refractivity contribution in [2.24, 2.45) is 22.5 Å². The van der Waals surface area contributed by atoms with Crippen LogP contribution in [0.5, 0.6) is 0 Å². The van der Waals surface area contributed by atoms with E-state index in [-0.39, 0.29) is 54.9 Å². The van der Waals surface area contributed by atoms with Crippen molar-refractivity contribution in [2.45, 2.75) is 72.9 Å². The molecule has 0 saturated carbocycles. The molecule has 0 radical (unpaired) electrons. The molecule has 258 valence electrons. The fraction of sp³-hybridized carbons (Fsp3) is 0.528. The molecule has 11 heteroatoms. The van der Waals surface area contributed by atoms with Gasteiger partial charge in [0.05, 0.1) is 6.17 Å². The number of rotatable bonds is 17. The number of nitrogens with one attached hydrogen (secondary N) is 2. The van der Waals surface area contributed by atoms with Crippen LogP contribution in [-0.4, -0.2) is 78.6 Å². The summed E-state index contributed by atoms with van der Waals surface area (Å²) < 4.78 is 0. The van der Waals surface area contributed by atoms with Crippen molar-refractivity contribution in [1.82, 2.24) is 20.4 Å². The number of carbonyl (C=O) groups is 5. The van der Waals surface area contributed by atoms with Crippen LogP contribution < -0.4 is 28.8 Å². The normalized spacial score (nSPS) is 16.2. The minimum absolute atomic E-state index is 0. The molecule has 3 atom stereocenters. The fourth-order valence-electron chi connectivity index (χ4n) is 6.29. The van der Waals surface area contributed by atoms with Crippen molar-refractivity contribution in [2.75, 3.05) is 33.2 Å². The summed E-state index contributed by atoms with van der Waals surface area (Å²) in [5.74, 6) is -1.60. The highest BCUT2D eigenvalue weighted by Gasteiger charge is 2.47. The summed E-state index contributed by atoms with van der Waals surface area (Å²) in [6.07, 6.45) is 2.43. The van der Waals surface area contributed by atoms with E-state index >= 15 is 0 Å². The van der Waals surface area contributed by atoms with Gasteiger partial charge in [-0.25, -0.2) is 0 Å². The first-order valence-corrected chi connectivity index (χ1v) is 16.3. The second-order valence-electron chi connectivity index (χ2n) is 13.3. The summed E-state index contributed by atoms with van der Waals surface area (Å²) >= 11 is 0. The average Bonchev–Trinajstić information content (AvgIpc) is 3.02. The maximum atomic E-state index is 13.7. The van der Waals surface area contributed by atoms with Gasteiger partial charge in [0.15, 0.2) is 5.78 Å². The number of hydrogen-bond acceptors (Lipinski definition) is 6. The van der Waals surface area contributed by atoms with Crippen LogP contribution in [0.3, 0.4) is 0 Å². The molecule has 0 bridgehead atoms. The third kappa shape index (κ3) is 10.1. The second kappa shape index (κ2) is 17.4. The number of benzene rings is 2. The third-order valence-corrected chi connectivity index (χ3v) is 9.18. The largest absolute Gasteiger partial charge is 1.00 e. The van der Waals surface area contributed by atoms with Crippen LogP contribution in [0.15, 0.2) is 54.6 Å². The van der Waals surface area contributed by atoms with Gasteiger partial charge in [-0.05, 0) is 57.8 Å². The molecule has 1 aliphatic heterocycles. The van der Waals surface area contributed by atoms with Crippen molar-refractivity contribution in [1.29, 1.82) is 0 Å². The van der Waals surface area contributed by atoms with E-state index < -0.39 is 22.7 Å². The van der Waals surface area contributed by atoms with Crippen LogP contribution in [0.4, 0.5) is 0 Å². The molecule has 1 fully saturated rings. The Kier molecular flexibility index (Phi) is 14.6. The zero-order chi connectivity index (χ0) is 34.1. The molecule has 1 heterocycles. The standard InChI is InChI=1S/C36H51N5O5.ClH/c1-7-25(31(37)43)23-36(5,24-35(3,4)34(46)41-22-19-29(41)40(6)8-2)33(45)39-21-12-20-38-32(44)28-17-15-27(16-18-28)30(42)26-13-10-9-11-14-26;/h9-11,13-18,25,29H,7-8,12,19-24H2,1-6H3,(H2,37,43)(H,38,44)(H,39,45);1H/p-1. The Morgan fingerprint density at radius 3 is 2.02 bits per heavy atom. The van der Waals surface area contributed by atoms with Crippen LogP contribution in [0.1, 0.15) is 93.0 Å². The van der Waals surface area contributed by atoms with Gasteiger partial charge in [-0.15, -0.1) is 0 Å². The lowest BCUT2D eigenvalue weighted by atomic mass is 9.68. The zero-order valence-electron chi connectivity index (χ0n) is 28.6. The molecule has 4 amide bonds. The van der Waals surface area contributed by atoms with Gasteiger partial charge in [0.1, 0.15) is 0 Å². The Labute approximate surface area is 285 Å². The van der Waals surface area contributed by atoms with Gasteiger partial charge < -0.3 is 33.7 Å². The SMILES string of the molecule is CCC(CC(C)(CC(C)(C)C(=O)N1CCC1N(C)CC)C(=O)NCCCNC(=O)c1ccc(C(=O)c2ccccc2)cc1)C(N)=O.[Cl-]. The first kappa shape index (κ1) is 39.4. The highest BCUT2D eigenvalue weighted by molar-refractivity contribution is 6.09. The minimum Gasteiger partial charge on any atom is -1.00 e. The molecule has 3 rings (SSSR count). The van der Waals surface area contributed by atoms with Crippen molar-refractivity contribution < 1.29 is 36.4 Å². The van der Waals surface area contributed by atoms with Crippen LogP contribution in [0, 0.1) is 16.7 Å². The van der Waals surface area contributed by atoms with E-state index in [9.17, 15) is 24.0 Å². The molecule has 2 aromatic carbocycles. The van der Waals surface area contributed by atoms with Gasteiger partial charge in [0, 0.05) is 53.1 Å². The molecule has 10 nitrogen and oxygen atoms in total. The van der Waals surface area contributed by atoms with Crippen LogP contribution in [-0.2, 0) is 14.4 Å². The molecule has 47 heavy (non-hydrogen) atoms.